The van der Waals surface area contributed by atoms with Crippen molar-refractivity contribution in [3.63, 3.8) is 0 Å². The molecule has 29 heavy (non-hydrogen) atoms. The number of para-hydroxylation sites is 1. The van der Waals surface area contributed by atoms with Crippen LogP contribution in [0.15, 0.2) is 42.5 Å². The molecule has 1 aliphatic carbocycles. The second-order valence-corrected chi connectivity index (χ2v) is 7.19. The smallest absolute Gasteiger partial charge is 0.340 e. The molecule has 6 heteroatoms. The minimum absolute atomic E-state index is 0.0790. The zero-order valence-electron chi connectivity index (χ0n) is 16.6. The van der Waals surface area contributed by atoms with Crippen LogP contribution in [0.3, 0.4) is 0 Å². The van der Waals surface area contributed by atoms with Gasteiger partial charge in [-0.1, -0.05) is 12.1 Å². The number of aryl methyl sites for hydroxylation is 1. The first-order valence-electron chi connectivity index (χ1n) is 9.85. The molecule has 6 nitrogen and oxygen atoms in total. The van der Waals surface area contributed by atoms with Crippen LogP contribution < -0.4 is 10.1 Å². The van der Waals surface area contributed by atoms with E-state index in [4.69, 9.17) is 9.47 Å². The molecule has 1 aliphatic rings. The number of rotatable bonds is 5. The van der Waals surface area contributed by atoms with Gasteiger partial charge in [0.15, 0.2) is 0 Å². The van der Waals surface area contributed by atoms with Crippen molar-refractivity contribution in [1.29, 1.82) is 0 Å². The average Bonchev–Trinajstić information content (AvgIpc) is 3.11. The lowest BCUT2D eigenvalue weighted by Crippen LogP contribution is -2.28. The van der Waals surface area contributed by atoms with Crippen LogP contribution in [0, 0.1) is 5.92 Å². The molecule has 1 amide bonds. The fourth-order valence-corrected chi connectivity index (χ4v) is 3.96. The fraction of sp³-hybridized carbons (Fsp3) is 0.304. The molecule has 0 aliphatic heterocycles. The van der Waals surface area contributed by atoms with Gasteiger partial charge in [0.05, 0.1) is 25.0 Å². The number of ether oxygens (including phenoxy) is 2. The van der Waals surface area contributed by atoms with Crippen molar-refractivity contribution in [3.05, 3.63) is 59.3 Å². The molecule has 1 heterocycles. The molecule has 3 aromatic rings. The molecular weight excluding hydrogens is 368 g/mol. The third-order valence-electron chi connectivity index (χ3n) is 5.45. The second-order valence-electron chi connectivity index (χ2n) is 7.19. The number of amides is 1. The topological polar surface area (TPSA) is 80.4 Å². The van der Waals surface area contributed by atoms with E-state index < -0.39 is 5.97 Å². The number of hydrogen-bond donors (Lipinski definition) is 2. The normalized spacial score (nSPS) is 15.6. The highest BCUT2D eigenvalue weighted by Crippen LogP contribution is 2.34. The molecule has 0 fully saturated rings. The maximum Gasteiger partial charge on any atom is 0.340 e. The molecule has 0 spiro atoms. The zero-order chi connectivity index (χ0) is 20.4. The van der Waals surface area contributed by atoms with Gasteiger partial charge in [0.2, 0.25) is 5.91 Å². The number of methoxy groups -OCH3 is 1. The summed E-state index contributed by atoms with van der Waals surface area (Å²) in [6.07, 6.45) is 2.21. The van der Waals surface area contributed by atoms with Gasteiger partial charge in [0.25, 0.3) is 0 Å². The standard InChI is InChI=1S/C23H24N2O4/c1-3-29-23(27)16-6-4-5-7-19(16)25-22(26)14-8-10-20-17(12-14)18-13-15(28-2)9-11-21(18)24-20/h4-7,9,11,13-14,24H,3,8,10,12H2,1-2H3,(H,25,26). The van der Waals surface area contributed by atoms with Crippen molar-refractivity contribution < 1.29 is 19.1 Å². The maximum atomic E-state index is 13.0. The number of carbonyl (C=O) groups excluding carboxylic acids is 2. The number of hydrogen-bond acceptors (Lipinski definition) is 4. The minimum atomic E-state index is -0.432. The summed E-state index contributed by atoms with van der Waals surface area (Å²) in [5.41, 5.74) is 4.27. The van der Waals surface area contributed by atoms with E-state index in [0.29, 0.717) is 17.7 Å². The highest BCUT2D eigenvalue weighted by molar-refractivity contribution is 6.02. The van der Waals surface area contributed by atoms with Crippen LogP contribution >= 0.6 is 0 Å². The summed E-state index contributed by atoms with van der Waals surface area (Å²) in [5.74, 6) is 0.125. The van der Waals surface area contributed by atoms with E-state index in [2.05, 4.69) is 10.3 Å². The lowest BCUT2D eigenvalue weighted by molar-refractivity contribution is -0.120. The van der Waals surface area contributed by atoms with Crippen molar-refractivity contribution in [2.45, 2.75) is 26.2 Å². The van der Waals surface area contributed by atoms with E-state index in [1.807, 2.05) is 18.2 Å². The van der Waals surface area contributed by atoms with E-state index >= 15 is 0 Å². The summed E-state index contributed by atoms with van der Waals surface area (Å²) >= 11 is 0. The number of aromatic nitrogens is 1. The quantitative estimate of drug-likeness (QED) is 0.641. The molecule has 0 radical (unpaired) electrons. The molecule has 0 bridgehead atoms. The van der Waals surface area contributed by atoms with Gasteiger partial charge in [-0.2, -0.15) is 0 Å². The first-order chi connectivity index (χ1) is 14.1. The van der Waals surface area contributed by atoms with Crippen molar-refractivity contribution >= 4 is 28.5 Å². The van der Waals surface area contributed by atoms with E-state index in [-0.39, 0.29) is 18.4 Å². The van der Waals surface area contributed by atoms with Crippen molar-refractivity contribution in [2.75, 3.05) is 19.0 Å². The highest BCUT2D eigenvalue weighted by Gasteiger charge is 2.28. The lowest BCUT2D eigenvalue weighted by atomic mass is 9.85. The Morgan fingerprint density at radius 2 is 2.03 bits per heavy atom. The highest BCUT2D eigenvalue weighted by atomic mass is 16.5. The van der Waals surface area contributed by atoms with E-state index in [9.17, 15) is 9.59 Å². The molecule has 2 N–H and O–H groups in total. The number of aromatic amines is 1. The van der Waals surface area contributed by atoms with Crippen molar-refractivity contribution in [3.8, 4) is 5.75 Å². The Morgan fingerprint density at radius 3 is 2.83 bits per heavy atom. The minimum Gasteiger partial charge on any atom is -0.497 e. The van der Waals surface area contributed by atoms with Gasteiger partial charge in [-0.15, -0.1) is 0 Å². The van der Waals surface area contributed by atoms with Crippen LogP contribution in [0.25, 0.3) is 10.9 Å². The fourth-order valence-electron chi connectivity index (χ4n) is 3.96. The SMILES string of the molecule is CCOC(=O)c1ccccc1NC(=O)C1CCc2[nH]c3ccc(OC)cc3c2C1. The number of nitrogens with one attached hydrogen (secondary N) is 2. The molecule has 0 saturated carbocycles. The Hall–Kier alpha value is -3.28. The van der Waals surface area contributed by atoms with Gasteiger partial charge >= 0.3 is 5.97 Å². The molecule has 150 valence electrons. The van der Waals surface area contributed by atoms with Gasteiger partial charge < -0.3 is 19.8 Å². The first-order valence-corrected chi connectivity index (χ1v) is 9.85. The van der Waals surface area contributed by atoms with Crippen LogP contribution in [0.4, 0.5) is 5.69 Å². The van der Waals surface area contributed by atoms with Gasteiger partial charge in [-0.05, 0) is 62.1 Å². The number of fused-ring (bicyclic) bond motifs is 3. The maximum absolute atomic E-state index is 13.0. The Kier molecular flexibility index (Phi) is 5.25. The number of H-pyrrole nitrogens is 1. The summed E-state index contributed by atoms with van der Waals surface area (Å²) < 4.78 is 10.4. The molecule has 4 rings (SSSR count). The monoisotopic (exact) mass is 392 g/mol. The molecule has 2 aromatic carbocycles. The Balaban J connectivity index is 1.56. The molecule has 0 saturated heterocycles. The third-order valence-corrected chi connectivity index (χ3v) is 5.45. The van der Waals surface area contributed by atoms with Crippen molar-refractivity contribution in [2.24, 2.45) is 5.92 Å². The van der Waals surface area contributed by atoms with E-state index in [1.54, 1.807) is 38.3 Å². The summed E-state index contributed by atoms with van der Waals surface area (Å²) in [6, 6.07) is 12.9. The third kappa shape index (κ3) is 3.70. The number of esters is 1. The van der Waals surface area contributed by atoms with Crippen LogP contribution in [-0.4, -0.2) is 30.6 Å². The zero-order valence-corrected chi connectivity index (χ0v) is 16.6. The van der Waals surface area contributed by atoms with Crippen LogP contribution in [-0.2, 0) is 22.4 Å². The number of benzene rings is 2. The number of anilines is 1. The largest absolute Gasteiger partial charge is 0.497 e. The Labute approximate surface area is 169 Å². The van der Waals surface area contributed by atoms with E-state index in [0.717, 1.165) is 29.5 Å². The van der Waals surface area contributed by atoms with Crippen LogP contribution in [0.2, 0.25) is 0 Å². The molecule has 1 unspecified atom stereocenters. The predicted octanol–water partition coefficient (Wildman–Crippen LogP) is 4.10. The van der Waals surface area contributed by atoms with Crippen molar-refractivity contribution in [1.82, 2.24) is 4.98 Å². The van der Waals surface area contributed by atoms with E-state index in [1.165, 1.54) is 11.3 Å². The second kappa shape index (κ2) is 7.99. The van der Waals surface area contributed by atoms with Crippen LogP contribution in [0.1, 0.15) is 35.0 Å². The van der Waals surface area contributed by atoms with Gasteiger partial charge in [-0.25, -0.2) is 4.79 Å². The lowest BCUT2D eigenvalue weighted by Gasteiger charge is -2.22. The predicted molar refractivity (Wildman–Crippen MR) is 111 cm³/mol. The molecule has 1 atom stereocenters. The molecule has 1 aromatic heterocycles. The summed E-state index contributed by atoms with van der Waals surface area (Å²) in [7, 11) is 1.65. The summed E-state index contributed by atoms with van der Waals surface area (Å²) in [4.78, 5) is 28.6. The van der Waals surface area contributed by atoms with Crippen LogP contribution in [0.5, 0.6) is 5.75 Å². The molecular formula is C23H24N2O4. The summed E-state index contributed by atoms with van der Waals surface area (Å²) in [5, 5.41) is 4.04. The first kappa shape index (κ1) is 19.1. The Morgan fingerprint density at radius 1 is 1.21 bits per heavy atom. The average molecular weight is 392 g/mol. The summed E-state index contributed by atoms with van der Waals surface area (Å²) in [6.45, 7) is 2.05. The Bertz CT molecular complexity index is 1070. The van der Waals surface area contributed by atoms with Gasteiger partial charge in [-0.3, -0.25) is 4.79 Å². The van der Waals surface area contributed by atoms with Gasteiger partial charge in [0.1, 0.15) is 5.75 Å². The number of carbonyl (C=O) groups is 2. The van der Waals surface area contributed by atoms with Gasteiger partial charge in [0, 0.05) is 22.5 Å².